The molecular formula is C16H24N2O2S. The summed E-state index contributed by atoms with van der Waals surface area (Å²) in [6.07, 6.45) is 1.51. The standard InChI is InChI=1S/C16H24N2O2S/c1-5-10(3)14-16(20)18(13(6-2)15(19)17-14)11(4)12-7-8-21-9-12/h7-11,13-14H,5-6H2,1-4H3,(H,17,19). The second-order valence-electron chi connectivity index (χ2n) is 5.77. The van der Waals surface area contributed by atoms with Crippen molar-refractivity contribution >= 4 is 23.2 Å². The highest BCUT2D eigenvalue weighted by Crippen LogP contribution is 2.30. The van der Waals surface area contributed by atoms with Gasteiger partial charge in [0.1, 0.15) is 12.1 Å². The average Bonchev–Trinajstić information content (AvgIpc) is 3.01. The summed E-state index contributed by atoms with van der Waals surface area (Å²) in [5.41, 5.74) is 1.10. The van der Waals surface area contributed by atoms with Gasteiger partial charge in [0.15, 0.2) is 0 Å². The molecule has 1 aromatic rings. The highest BCUT2D eigenvalue weighted by molar-refractivity contribution is 7.07. The number of hydrogen-bond acceptors (Lipinski definition) is 3. The quantitative estimate of drug-likeness (QED) is 0.909. The van der Waals surface area contributed by atoms with Crippen LogP contribution in [0.25, 0.3) is 0 Å². The third-order valence-electron chi connectivity index (χ3n) is 4.50. The third-order valence-corrected chi connectivity index (χ3v) is 5.20. The predicted octanol–water partition coefficient (Wildman–Crippen LogP) is 2.96. The lowest BCUT2D eigenvalue weighted by molar-refractivity contribution is -0.153. The number of hydrogen-bond donors (Lipinski definition) is 1. The van der Waals surface area contributed by atoms with Gasteiger partial charge in [0, 0.05) is 0 Å². The van der Waals surface area contributed by atoms with Gasteiger partial charge in [-0.1, -0.05) is 27.2 Å². The van der Waals surface area contributed by atoms with Crippen LogP contribution in [0.4, 0.5) is 0 Å². The Labute approximate surface area is 130 Å². The molecule has 1 aliphatic rings. The van der Waals surface area contributed by atoms with E-state index in [1.165, 1.54) is 0 Å². The highest BCUT2D eigenvalue weighted by atomic mass is 32.1. The van der Waals surface area contributed by atoms with Gasteiger partial charge >= 0.3 is 0 Å². The van der Waals surface area contributed by atoms with Crippen LogP contribution < -0.4 is 5.32 Å². The molecule has 1 saturated heterocycles. The first-order valence-electron chi connectivity index (χ1n) is 7.65. The fourth-order valence-electron chi connectivity index (χ4n) is 2.89. The Morgan fingerprint density at radius 2 is 2.05 bits per heavy atom. The molecule has 1 aliphatic heterocycles. The number of amides is 2. The molecule has 0 radical (unpaired) electrons. The molecule has 2 amide bonds. The molecular weight excluding hydrogens is 284 g/mol. The van der Waals surface area contributed by atoms with Gasteiger partial charge in [-0.2, -0.15) is 11.3 Å². The summed E-state index contributed by atoms with van der Waals surface area (Å²) in [6, 6.07) is 1.20. The van der Waals surface area contributed by atoms with Crippen molar-refractivity contribution in [2.45, 2.75) is 58.7 Å². The van der Waals surface area contributed by atoms with Crippen LogP contribution in [0.2, 0.25) is 0 Å². The van der Waals surface area contributed by atoms with E-state index in [2.05, 4.69) is 10.7 Å². The van der Waals surface area contributed by atoms with Crippen molar-refractivity contribution in [1.29, 1.82) is 0 Å². The molecule has 1 N–H and O–H groups in total. The monoisotopic (exact) mass is 308 g/mol. The predicted molar refractivity (Wildman–Crippen MR) is 85.0 cm³/mol. The first-order chi connectivity index (χ1) is 10.0. The number of piperazine rings is 1. The van der Waals surface area contributed by atoms with Gasteiger partial charge in [-0.3, -0.25) is 9.59 Å². The molecule has 4 nitrogen and oxygen atoms in total. The van der Waals surface area contributed by atoms with Crippen LogP contribution in [0.5, 0.6) is 0 Å². The smallest absolute Gasteiger partial charge is 0.246 e. The zero-order chi connectivity index (χ0) is 15.6. The Morgan fingerprint density at radius 1 is 1.33 bits per heavy atom. The molecule has 0 aliphatic carbocycles. The van der Waals surface area contributed by atoms with Crippen molar-refractivity contribution in [1.82, 2.24) is 10.2 Å². The maximum absolute atomic E-state index is 12.9. The molecule has 0 aromatic carbocycles. The van der Waals surface area contributed by atoms with Crippen LogP contribution in [0.15, 0.2) is 16.8 Å². The van der Waals surface area contributed by atoms with Gasteiger partial charge in [0.2, 0.25) is 11.8 Å². The van der Waals surface area contributed by atoms with E-state index in [-0.39, 0.29) is 29.8 Å². The summed E-state index contributed by atoms with van der Waals surface area (Å²) < 4.78 is 0. The van der Waals surface area contributed by atoms with Crippen LogP contribution in [-0.2, 0) is 9.59 Å². The Balaban J connectivity index is 2.33. The molecule has 116 valence electrons. The lowest BCUT2D eigenvalue weighted by Gasteiger charge is -2.43. The van der Waals surface area contributed by atoms with E-state index in [4.69, 9.17) is 0 Å². The second-order valence-corrected chi connectivity index (χ2v) is 6.55. The summed E-state index contributed by atoms with van der Waals surface area (Å²) in [4.78, 5) is 27.1. The molecule has 1 fully saturated rings. The van der Waals surface area contributed by atoms with Crippen LogP contribution >= 0.6 is 11.3 Å². The van der Waals surface area contributed by atoms with Crippen molar-refractivity contribution in [3.63, 3.8) is 0 Å². The molecule has 4 atom stereocenters. The molecule has 2 rings (SSSR count). The maximum atomic E-state index is 12.9. The van der Waals surface area contributed by atoms with E-state index in [0.29, 0.717) is 6.42 Å². The molecule has 0 bridgehead atoms. The van der Waals surface area contributed by atoms with Crippen LogP contribution in [0.3, 0.4) is 0 Å². The van der Waals surface area contributed by atoms with Crippen LogP contribution in [0.1, 0.15) is 52.1 Å². The minimum absolute atomic E-state index is 0.0236. The topological polar surface area (TPSA) is 49.4 Å². The summed E-state index contributed by atoms with van der Waals surface area (Å²) in [5, 5.41) is 6.98. The Bertz CT molecular complexity index is 500. The highest BCUT2D eigenvalue weighted by Gasteiger charge is 2.43. The minimum atomic E-state index is -0.397. The van der Waals surface area contributed by atoms with Gasteiger partial charge in [-0.25, -0.2) is 0 Å². The first kappa shape index (κ1) is 16.0. The number of nitrogens with zero attached hydrogens (tertiary/aromatic N) is 1. The Hall–Kier alpha value is -1.36. The van der Waals surface area contributed by atoms with Crippen molar-refractivity contribution in [2.24, 2.45) is 5.92 Å². The molecule has 1 aromatic heterocycles. The summed E-state index contributed by atoms with van der Waals surface area (Å²) >= 11 is 1.62. The normalized spacial score (nSPS) is 25.6. The number of carbonyl (C=O) groups excluding carboxylic acids is 2. The van der Waals surface area contributed by atoms with Gasteiger partial charge < -0.3 is 10.2 Å². The van der Waals surface area contributed by atoms with Gasteiger partial charge in [-0.05, 0) is 41.7 Å². The third kappa shape index (κ3) is 2.98. The molecule has 2 heterocycles. The zero-order valence-corrected chi connectivity index (χ0v) is 13.9. The minimum Gasteiger partial charge on any atom is -0.342 e. The average molecular weight is 308 g/mol. The van der Waals surface area contributed by atoms with Crippen LogP contribution in [-0.4, -0.2) is 28.8 Å². The van der Waals surface area contributed by atoms with E-state index < -0.39 is 6.04 Å². The van der Waals surface area contributed by atoms with E-state index in [9.17, 15) is 9.59 Å². The van der Waals surface area contributed by atoms with Crippen molar-refractivity contribution in [3.8, 4) is 0 Å². The van der Waals surface area contributed by atoms with Gasteiger partial charge in [0.25, 0.3) is 0 Å². The maximum Gasteiger partial charge on any atom is 0.246 e. The molecule has 21 heavy (non-hydrogen) atoms. The van der Waals surface area contributed by atoms with Crippen molar-refractivity contribution < 1.29 is 9.59 Å². The fraction of sp³-hybridized carbons (Fsp3) is 0.625. The summed E-state index contributed by atoms with van der Waals surface area (Å²) in [6.45, 7) is 8.02. The number of carbonyl (C=O) groups is 2. The fourth-order valence-corrected chi connectivity index (χ4v) is 3.64. The summed E-state index contributed by atoms with van der Waals surface area (Å²) in [5.74, 6) is 0.176. The van der Waals surface area contributed by atoms with Gasteiger partial charge in [0.05, 0.1) is 6.04 Å². The molecule has 0 spiro atoms. The van der Waals surface area contributed by atoms with E-state index in [1.807, 2.05) is 39.1 Å². The number of thiophene rings is 1. The molecule has 4 unspecified atom stereocenters. The lowest BCUT2D eigenvalue weighted by Crippen LogP contribution is -2.65. The molecule has 0 saturated carbocycles. The summed E-state index contributed by atoms with van der Waals surface area (Å²) in [7, 11) is 0. The zero-order valence-electron chi connectivity index (χ0n) is 13.1. The van der Waals surface area contributed by atoms with E-state index in [0.717, 1.165) is 12.0 Å². The first-order valence-corrected chi connectivity index (χ1v) is 8.60. The number of nitrogens with one attached hydrogen (secondary N) is 1. The Kier molecular flexibility index (Phi) is 5.04. The Morgan fingerprint density at radius 3 is 2.57 bits per heavy atom. The van der Waals surface area contributed by atoms with Crippen molar-refractivity contribution in [2.75, 3.05) is 0 Å². The lowest BCUT2D eigenvalue weighted by atomic mass is 9.92. The number of rotatable bonds is 5. The second kappa shape index (κ2) is 6.60. The van der Waals surface area contributed by atoms with E-state index in [1.54, 1.807) is 16.2 Å². The molecule has 5 heteroatoms. The van der Waals surface area contributed by atoms with E-state index >= 15 is 0 Å². The van der Waals surface area contributed by atoms with Gasteiger partial charge in [-0.15, -0.1) is 0 Å². The largest absolute Gasteiger partial charge is 0.342 e. The SMILES string of the molecule is CCC(C)C1NC(=O)C(CC)N(C(C)c2ccsc2)C1=O. The van der Waals surface area contributed by atoms with Crippen molar-refractivity contribution in [3.05, 3.63) is 22.4 Å². The van der Waals surface area contributed by atoms with Crippen LogP contribution in [0, 0.1) is 5.92 Å².